The zero-order chi connectivity index (χ0) is 19.8. The summed E-state index contributed by atoms with van der Waals surface area (Å²) in [6.07, 6.45) is 0.401. The van der Waals surface area contributed by atoms with Gasteiger partial charge in [0.05, 0.1) is 10.7 Å². The lowest BCUT2D eigenvalue weighted by atomic mass is 10.1. The zero-order valence-electron chi connectivity index (χ0n) is 14.5. The smallest absolute Gasteiger partial charge is 0.344 e. The minimum Gasteiger partial charge on any atom is -0.482 e. The van der Waals surface area contributed by atoms with Gasteiger partial charge in [-0.05, 0) is 42.5 Å². The van der Waals surface area contributed by atoms with Crippen molar-refractivity contribution in [2.24, 2.45) is 0 Å². The molecule has 0 saturated carbocycles. The van der Waals surface area contributed by atoms with Crippen LogP contribution in [-0.4, -0.2) is 30.9 Å². The summed E-state index contributed by atoms with van der Waals surface area (Å²) in [6, 6.07) is 9.84. The Kier molecular flexibility index (Phi) is 7.31. The van der Waals surface area contributed by atoms with Gasteiger partial charge in [-0.1, -0.05) is 18.5 Å². The largest absolute Gasteiger partial charge is 0.482 e. The third-order valence-corrected chi connectivity index (χ3v) is 3.74. The van der Waals surface area contributed by atoms with E-state index in [4.69, 9.17) is 21.1 Å². The molecule has 8 heteroatoms. The van der Waals surface area contributed by atoms with Crippen LogP contribution in [0.4, 0.5) is 10.1 Å². The van der Waals surface area contributed by atoms with Gasteiger partial charge < -0.3 is 14.8 Å². The molecule has 0 bridgehead atoms. The summed E-state index contributed by atoms with van der Waals surface area (Å²) < 4.78 is 23.0. The van der Waals surface area contributed by atoms with Crippen molar-refractivity contribution in [1.29, 1.82) is 0 Å². The van der Waals surface area contributed by atoms with Crippen molar-refractivity contribution in [2.45, 2.75) is 13.3 Å². The maximum atomic E-state index is 12.9. The highest BCUT2D eigenvalue weighted by Crippen LogP contribution is 2.22. The second-order valence-corrected chi connectivity index (χ2v) is 5.83. The van der Waals surface area contributed by atoms with Gasteiger partial charge in [0, 0.05) is 12.0 Å². The Labute approximate surface area is 160 Å². The van der Waals surface area contributed by atoms with E-state index in [0.717, 1.165) is 12.1 Å². The summed E-state index contributed by atoms with van der Waals surface area (Å²) in [7, 11) is 0. The van der Waals surface area contributed by atoms with Crippen LogP contribution in [0.1, 0.15) is 23.7 Å². The van der Waals surface area contributed by atoms with E-state index in [9.17, 15) is 18.8 Å². The number of carbonyl (C=O) groups is 3. The van der Waals surface area contributed by atoms with Crippen LogP contribution in [0.3, 0.4) is 0 Å². The van der Waals surface area contributed by atoms with Crippen molar-refractivity contribution in [3.63, 3.8) is 0 Å². The molecule has 0 atom stereocenters. The Morgan fingerprint density at radius 1 is 1.07 bits per heavy atom. The number of ketones is 1. The van der Waals surface area contributed by atoms with Crippen LogP contribution in [0.25, 0.3) is 0 Å². The van der Waals surface area contributed by atoms with Crippen molar-refractivity contribution in [3.05, 3.63) is 58.9 Å². The van der Waals surface area contributed by atoms with Crippen LogP contribution in [0.5, 0.6) is 5.75 Å². The molecule has 0 spiro atoms. The van der Waals surface area contributed by atoms with Gasteiger partial charge in [0.15, 0.2) is 19.0 Å². The molecule has 0 aromatic heterocycles. The molecule has 2 rings (SSSR count). The van der Waals surface area contributed by atoms with Crippen molar-refractivity contribution >= 4 is 34.9 Å². The number of Topliss-reactive ketones (excluding diaryl/α,β-unsaturated/α-hetero) is 1. The number of anilines is 1. The van der Waals surface area contributed by atoms with Crippen LogP contribution in [-0.2, 0) is 14.3 Å². The van der Waals surface area contributed by atoms with Crippen molar-refractivity contribution in [3.8, 4) is 5.75 Å². The molecule has 0 fully saturated rings. The summed E-state index contributed by atoms with van der Waals surface area (Å²) in [5.74, 6) is -1.51. The molecule has 0 aliphatic rings. The first-order valence-corrected chi connectivity index (χ1v) is 8.43. The highest BCUT2D eigenvalue weighted by molar-refractivity contribution is 6.33. The second kappa shape index (κ2) is 9.68. The molecule has 0 saturated heterocycles. The monoisotopic (exact) mass is 393 g/mol. The molecule has 6 nitrogen and oxygen atoms in total. The maximum absolute atomic E-state index is 12.9. The van der Waals surface area contributed by atoms with Crippen molar-refractivity contribution in [2.75, 3.05) is 18.5 Å². The number of rotatable bonds is 8. The number of nitrogens with one attached hydrogen (secondary N) is 1. The first kappa shape index (κ1) is 20.4. The van der Waals surface area contributed by atoms with Gasteiger partial charge >= 0.3 is 5.97 Å². The molecule has 0 heterocycles. The van der Waals surface area contributed by atoms with Crippen LogP contribution in [0.2, 0.25) is 5.02 Å². The molecule has 27 heavy (non-hydrogen) atoms. The number of benzene rings is 2. The SMILES string of the molecule is CCC(=O)c1ccc(OCC(=O)OCC(=O)Nc2ccc(F)cc2Cl)cc1. The van der Waals surface area contributed by atoms with Gasteiger partial charge in [0.2, 0.25) is 0 Å². The van der Waals surface area contributed by atoms with Gasteiger partial charge in [0.1, 0.15) is 11.6 Å². The van der Waals surface area contributed by atoms with E-state index in [2.05, 4.69) is 5.32 Å². The molecular weight excluding hydrogens is 377 g/mol. The highest BCUT2D eigenvalue weighted by atomic mass is 35.5. The summed E-state index contributed by atoms with van der Waals surface area (Å²) in [4.78, 5) is 34.9. The van der Waals surface area contributed by atoms with Gasteiger partial charge in [-0.3, -0.25) is 9.59 Å². The van der Waals surface area contributed by atoms with E-state index in [1.807, 2.05) is 0 Å². The minimum absolute atomic E-state index is 0.00762. The fourth-order valence-electron chi connectivity index (χ4n) is 2.05. The van der Waals surface area contributed by atoms with E-state index in [1.54, 1.807) is 31.2 Å². The lowest BCUT2D eigenvalue weighted by Gasteiger charge is -2.09. The van der Waals surface area contributed by atoms with E-state index in [1.165, 1.54) is 6.07 Å². The number of halogens is 2. The number of amides is 1. The lowest BCUT2D eigenvalue weighted by Crippen LogP contribution is -2.23. The molecule has 1 amide bonds. The number of carbonyl (C=O) groups excluding carboxylic acids is 3. The molecule has 0 unspecified atom stereocenters. The number of hydrogen-bond acceptors (Lipinski definition) is 5. The van der Waals surface area contributed by atoms with E-state index < -0.39 is 30.9 Å². The highest BCUT2D eigenvalue weighted by Gasteiger charge is 2.11. The number of ether oxygens (including phenoxy) is 2. The maximum Gasteiger partial charge on any atom is 0.344 e. The average molecular weight is 394 g/mol. The Morgan fingerprint density at radius 2 is 1.78 bits per heavy atom. The van der Waals surface area contributed by atoms with E-state index >= 15 is 0 Å². The normalized spacial score (nSPS) is 10.2. The third-order valence-electron chi connectivity index (χ3n) is 3.42. The van der Waals surface area contributed by atoms with Gasteiger partial charge in [-0.2, -0.15) is 0 Å². The topological polar surface area (TPSA) is 81.7 Å². The van der Waals surface area contributed by atoms with Gasteiger partial charge in [-0.15, -0.1) is 0 Å². The Hall–Kier alpha value is -2.93. The summed E-state index contributed by atoms with van der Waals surface area (Å²) >= 11 is 5.79. The second-order valence-electron chi connectivity index (χ2n) is 5.42. The van der Waals surface area contributed by atoms with E-state index in [-0.39, 0.29) is 16.5 Å². The Bertz CT molecular complexity index is 838. The van der Waals surface area contributed by atoms with Crippen LogP contribution in [0.15, 0.2) is 42.5 Å². The summed E-state index contributed by atoms with van der Waals surface area (Å²) in [5.41, 5.74) is 0.764. The predicted octanol–water partition coefficient (Wildman–Crippen LogP) is 3.63. The number of hydrogen-bond donors (Lipinski definition) is 1. The summed E-state index contributed by atoms with van der Waals surface area (Å²) in [6.45, 7) is 0.828. The molecular formula is C19H17ClFNO5. The molecule has 2 aromatic rings. The van der Waals surface area contributed by atoms with Gasteiger partial charge in [-0.25, -0.2) is 9.18 Å². The zero-order valence-corrected chi connectivity index (χ0v) is 15.2. The number of esters is 1. The predicted molar refractivity (Wildman–Crippen MR) is 97.6 cm³/mol. The Balaban J connectivity index is 1.75. The van der Waals surface area contributed by atoms with E-state index in [0.29, 0.717) is 17.7 Å². The molecule has 2 aromatic carbocycles. The molecule has 0 aliphatic heterocycles. The Morgan fingerprint density at radius 3 is 2.41 bits per heavy atom. The minimum atomic E-state index is -0.746. The van der Waals surface area contributed by atoms with Crippen LogP contribution >= 0.6 is 11.6 Å². The van der Waals surface area contributed by atoms with Gasteiger partial charge in [0.25, 0.3) is 5.91 Å². The van der Waals surface area contributed by atoms with Crippen LogP contribution < -0.4 is 10.1 Å². The first-order valence-electron chi connectivity index (χ1n) is 8.05. The fourth-order valence-corrected chi connectivity index (χ4v) is 2.26. The fraction of sp³-hybridized carbons (Fsp3) is 0.211. The summed E-state index contributed by atoms with van der Waals surface area (Å²) in [5, 5.41) is 2.43. The third kappa shape index (κ3) is 6.38. The molecule has 0 aliphatic carbocycles. The standard InChI is InChI=1S/C19H17ClFNO5/c1-2-17(23)12-3-6-14(7-4-12)26-11-19(25)27-10-18(24)22-16-8-5-13(21)9-15(16)20/h3-9H,2,10-11H2,1H3,(H,22,24). The molecule has 142 valence electrons. The van der Waals surface area contributed by atoms with Crippen molar-refractivity contribution < 1.29 is 28.2 Å². The molecule has 1 N–H and O–H groups in total. The molecule has 0 radical (unpaired) electrons. The first-order chi connectivity index (χ1) is 12.9. The lowest BCUT2D eigenvalue weighted by molar-refractivity contribution is -0.149. The quantitative estimate of drug-likeness (QED) is 0.547. The average Bonchev–Trinajstić information content (AvgIpc) is 2.66. The van der Waals surface area contributed by atoms with Crippen LogP contribution in [0, 0.1) is 5.82 Å². The van der Waals surface area contributed by atoms with Crippen molar-refractivity contribution in [1.82, 2.24) is 0 Å².